The molecule has 220 valence electrons. The third-order valence-electron chi connectivity index (χ3n) is 10.1. The van der Waals surface area contributed by atoms with Gasteiger partial charge in [-0.1, -0.05) is 71.0 Å². The lowest BCUT2D eigenvalue weighted by atomic mass is 9.61. The highest BCUT2D eigenvalue weighted by molar-refractivity contribution is 7.26. The number of alkyl halides is 3. The summed E-state index contributed by atoms with van der Waals surface area (Å²) in [6.07, 6.45) is -0.748. The molecule has 1 aliphatic carbocycles. The van der Waals surface area contributed by atoms with E-state index >= 15 is 0 Å². The van der Waals surface area contributed by atoms with Gasteiger partial charge in [-0.05, 0) is 89.5 Å². The van der Waals surface area contributed by atoms with Crippen molar-refractivity contribution in [1.82, 2.24) is 0 Å². The van der Waals surface area contributed by atoms with Crippen molar-refractivity contribution in [1.29, 1.82) is 0 Å². The number of nitrogens with zero attached hydrogens (tertiary/aromatic N) is 1. The zero-order valence-corrected chi connectivity index (χ0v) is 26.8. The van der Waals surface area contributed by atoms with Gasteiger partial charge in [-0.15, -0.1) is 11.3 Å². The maximum Gasteiger partial charge on any atom is 0.398 e. The van der Waals surface area contributed by atoms with E-state index in [0.717, 1.165) is 31.4 Å². The first-order chi connectivity index (χ1) is 19.6. The first kappa shape index (κ1) is 29.2. The molecule has 0 spiro atoms. The molecule has 5 heteroatoms. The van der Waals surface area contributed by atoms with E-state index in [9.17, 15) is 13.2 Å². The Bertz CT molecular complexity index is 1860. The van der Waals surface area contributed by atoms with Gasteiger partial charge in [0.05, 0.1) is 11.0 Å². The summed E-state index contributed by atoms with van der Waals surface area (Å²) in [6.45, 7) is 15.1. The van der Waals surface area contributed by atoms with Crippen molar-refractivity contribution in [2.24, 2.45) is 12.5 Å². The smallest absolute Gasteiger partial charge is 0.200 e. The summed E-state index contributed by atoms with van der Waals surface area (Å²) < 4.78 is 49.2. The highest BCUT2D eigenvalue weighted by Gasteiger charge is 2.58. The summed E-state index contributed by atoms with van der Waals surface area (Å²) >= 11 is 1.65. The van der Waals surface area contributed by atoms with E-state index in [-0.39, 0.29) is 23.7 Å². The highest BCUT2D eigenvalue weighted by Crippen LogP contribution is 2.56. The molecule has 1 nitrogen and oxygen atoms in total. The summed E-state index contributed by atoms with van der Waals surface area (Å²) in [7, 11) is 2.07. The number of fused-ring (bicyclic) bond motifs is 4. The van der Waals surface area contributed by atoms with E-state index < -0.39 is 11.6 Å². The van der Waals surface area contributed by atoms with Crippen LogP contribution in [-0.2, 0) is 17.9 Å². The van der Waals surface area contributed by atoms with Gasteiger partial charge < -0.3 is 0 Å². The molecule has 5 aromatic rings. The number of hydrogen-bond donors (Lipinski definition) is 0. The second kappa shape index (κ2) is 9.54. The molecule has 1 fully saturated rings. The molecular formula is C37H41F3NS+. The van der Waals surface area contributed by atoms with Crippen molar-refractivity contribution in [2.45, 2.75) is 91.2 Å². The van der Waals surface area contributed by atoms with E-state index in [2.05, 4.69) is 95.8 Å². The summed E-state index contributed by atoms with van der Waals surface area (Å²) in [5.41, 5.74) is 4.16. The third kappa shape index (κ3) is 4.37. The van der Waals surface area contributed by atoms with Crippen LogP contribution in [0.3, 0.4) is 0 Å². The van der Waals surface area contributed by atoms with Crippen molar-refractivity contribution >= 4 is 42.3 Å². The minimum absolute atomic E-state index is 0.0549. The van der Waals surface area contributed by atoms with Gasteiger partial charge in [0.25, 0.3) is 0 Å². The lowest BCUT2D eigenvalue weighted by Crippen LogP contribution is -2.47. The number of aryl methyl sites for hydroxylation is 3. The minimum atomic E-state index is -4.29. The van der Waals surface area contributed by atoms with Crippen molar-refractivity contribution in [3.63, 3.8) is 0 Å². The monoisotopic (exact) mass is 588 g/mol. The van der Waals surface area contributed by atoms with Crippen molar-refractivity contribution in [3.8, 4) is 11.3 Å². The van der Waals surface area contributed by atoms with Gasteiger partial charge in [0, 0.05) is 21.5 Å². The summed E-state index contributed by atoms with van der Waals surface area (Å²) in [6, 6.07) is 16.8. The molecule has 2 heterocycles. The first-order valence-corrected chi connectivity index (χ1v) is 15.8. The Labute approximate surface area is 251 Å². The number of halogens is 3. The van der Waals surface area contributed by atoms with Crippen LogP contribution >= 0.6 is 11.3 Å². The van der Waals surface area contributed by atoms with Crippen LogP contribution < -0.4 is 4.57 Å². The quantitative estimate of drug-likeness (QED) is 0.181. The van der Waals surface area contributed by atoms with Crippen LogP contribution in [0.15, 0.2) is 54.7 Å². The lowest BCUT2D eigenvalue weighted by molar-refractivity contribution is -0.659. The number of hydrogen-bond acceptors (Lipinski definition) is 1. The van der Waals surface area contributed by atoms with Gasteiger partial charge >= 0.3 is 6.18 Å². The number of rotatable bonds is 2. The maximum atomic E-state index is 15.0. The topological polar surface area (TPSA) is 3.88 Å². The molecule has 0 unspecified atom stereocenters. The molecule has 42 heavy (non-hydrogen) atoms. The fourth-order valence-electron chi connectivity index (χ4n) is 7.35. The highest BCUT2D eigenvalue weighted by atomic mass is 32.1. The van der Waals surface area contributed by atoms with Crippen LogP contribution in [0.25, 0.3) is 42.2 Å². The fourth-order valence-corrected chi connectivity index (χ4v) is 8.75. The average molecular weight is 589 g/mol. The van der Waals surface area contributed by atoms with E-state index in [1.165, 1.54) is 27.5 Å². The zero-order chi connectivity index (χ0) is 30.4. The van der Waals surface area contributed by atoms with Gasteiger partial charge in [-0.25, -0.2) is 0 Å². The van der Waals surface area contributed by atoms with Crippen LogP contribution in [-0.4, -0.2) is 6.18 Å². The normalized spacial score (nSPS) is 17.4. The molecular weight excluding hydrogens is 547 g/mol. The SMILES string of the molecule is Cc1c(-c2c3sc4c(C)c(C5(C(F)(F)F)CCC(C)(C)CC5)ccc4c3cc[n+]2C)cc(C(C)(C)C)c2ccccc12. The fraction of sp³-hybridized carbons (Fsp3) is 0.432. The second-order valence-electron chi connectivity index (χ2n) is 14.4. The van der Waals surface area contributed by atoms with Crippen molar-refractivity contribution < 1.29 is 17.7 Å². The Kier molecular flexibility index (Phi) is 6.63. The molecule has 3 aromatic carbocycles. The molecule has 0 aliphatic heterocycles. The second-order valence-corrected chi connectivity index (χ2v) is 15.4. The summed E-state index contributed by atoms with van der Waals surface area (Å²) in [5, 5.41) is 4.66. The van der Waals surface area contributed by atoms with Crippen LogP contribution in [0.4, 0.5) is 13.2 Å². The minimum Gasteiger partial charge on any atom is -0.200 e. The molecule has 0 N–H and O–H groups in total. The third-order valence-corrected chi connectivity index (χ3v) is 11.4. The molecule has 0 bridgehead atoms. The lowest BCUT2D eigenvalue weighted by Gasteiger charge is -2.45. The zero-order valence-electron chi connectivity index (χ0n) is 26.0. The van der Waals surface area contributed by atoms with Crippen LogP contribution in [0, 0.1) is 19.3 Å². The standard InChI is InChI=1S/C37H41F3NS/c1-22-24-11-9-10-12-25(24)30(34(3,4)5)21-28(22)31-33-27(15-20-41(31)8)26-13-14-29(23(2)32(26)42-33)36(37(38,39)40)18-16-35(6,7)17-19-36/h9-15,20-21H,16-19H2,1-8H3/q+1. The van der Waals surface area contributed by atoms with E-state index in [0.29, 0.717) is 18.4 Å². The van der Waals surface area contributed by atoms with Gasteiger partial charge in [0.1, 0.15) is 11.7 Å². The first-order valence-electron chi connectivity index (χ1n) is 15.0. The number of thiophene rings is 1. The van der Waals surface area contributed by atoms with Gasteiger partial charge in [-0.2, -0.15) is 17.7 Å². The number of pyridine rings is 1. The Morgan fingerprint density at radius 3 is 2.00 bits per heavy atom. The van der Waals surface area contributed by atoms with Gasteiger partial charge in [-0.3, -0.25) is 0 Å². The molecule has 2 aromatic heterocycles. The largest absolute Gasteiger partial charge is 0.398 e. The number of benzene rings is 3. The maximum absolute atomic E-state index is 15.0. The Balaban J connectivity index is 1.63. The molecule has 0 radical (unpaired) electrons. The summed E-state index contributed by atoms with van der Waals surface area (Å²) in [4.78, 5) is 0. The number of aromatic nitrogens is 1. The molecule has 1 aliphatic rings. The van der Waals surface area contributed by atoms with Gasteiger partial charge in [0.15, 0.2) is 6.20 Å². The van der Waals surface area contributed by atoms with Gasteiger partial charge in [0.2, 0.25) is 5.69 Å². The van der Waals surface area contributed by atoms with E-state index in [1.54, 1.807) is 17.4 Å². The predicted molar refractivity (Wildman–Crippen MR) is 172 cm³/mol. The Hall–Kier alpha value is -2.92. The van der Waals surface area contributed by atoms with Crippen molar-refractivity contribution in [3.05, 3.63) is 77.0 Å². The average Bonchev–Trinajstić information content (AvgIpc) is 3.28. The summed E-state index contributed by atoms with van der Waals surface area (Å²) in [5.74, 6) is 0. The van der Waals surface area contributed by atoms with Crippen LogP contribution in [0.5, 0.6) is 0 Å². The predicted octanol–water partition coefficient (Wildman–Crippen LogP) is 11.0. The van der Waals surface area contributed by atoms with Crippen LogP contribution in [0.1, 0.15) is 82.6 Å². The Morgan fingerprint density at radius 1 is 0.762 bits per heavy atom. The molecule has 0 amide bonds. The molecule has 1 saturated carbocycles. The molecule has 0 saturated heterocycles. The van der Waals surface area contributed by atoms with Crippen molar-refractivity contribution in [2.75, 3.05) is 0 Å². The van der Waals surface area contributed by atoms with Crippen LogP contribution in [0.2, 0.25) is 0 Å². The molecule has 0 atom stereocenters. The van der Waals surface area contributed by atoms with E-state index in [4.69, 9.17) is 0 Å². The molecule has 6 rings (SSSR count). The van der Waals surface area contributed by atoms with E-state index in [1.807, 2.05) is 13.0 Å². The Morgan fingerprint density at radius 2 is 1.38 bits per heavy atom.